The van der Waals surface area contributed by atoms with E-state index < -0.39 is 97.5 Å². The highest BCUT2D eigenvalue weighted by Gasteiger charge is 2.30. The average molecular weight is 1410 g/mol. The first kappa shape index (κ1) is 94.1. The number of rotatable bonds is 76. The van der Waals surface area contributed by atoms with Gasteiger partial charge in [-0.05, 0) is 37.5 Å². The van der Waals surface area contributed by atoms with Gasteiger partial charge in [0.15, 0.2) is 12.2 Å². The summed E-state index contributed by atoms with van der Waals surface area (Å²) in [5.41, 5.74) is 0. The summed E-state index contributed by atoms with van der Waals surface area (Å²) >= 11 is 0. The second-order valence-electron chi connectivity index (χ2n) is 28.7. The Labute approximate surface area is 588 Å². The number of aliphatic hydroxyl groups is 1. The van der Waals surface area contributed by atoms with Crippen LogP contribution in [0.25, 0.3) is 0 Å². The molecule has 0 fully saturated rings. The molecule has 17 nitrogen and oxygen atoms in total. The molecule has 0 rings (SSSR count). The van der Waals surface area contributed by atoms with Gasteiger partial charge >= 0.3 is 39.5 Å². The molecule has 0 bridgehead atoms. The number of carbonyl (C=O) groups excluding carboxylic acids is 4. The van der Waals surface area contributed by atoms with Gasteiger partial charge in [-0.1, -0.05) is 350 Å². The fourth-order valence-electron chi connectivity index (χ4n) is 11.8. The van der Waals surface area contributed by atoms with Crippen molar-refractivity contribution in [3.63, 3.8) is 0 Å². The molecule has 0 aromatic carbocycles. The van der Waals surface area contributed by atoms with E-state index in [-0.39, 0.29) is 25.7 Å². The number of hydrogen-bond acceptors (Lipinski definition) is 15. The zero-order chi connectivity index (χ0) is 70.7. The van der Waals surface area contributed by atoms with Gasteiger partial charge in [0.25, 0.3) is 0 Å². The molecule has 3 N–H and O–H groups in total. The lowest BCUT2D eigenvalue weighted by molar-refractivity contribution is -0.161. The Morgan fingerprint density at radius 1 is 0.281 bits per heavy atom. The quantitative estimate of drug-likeness (QED) is 0.0222. The van der Waals surface area contributed by atoms with Crippen LogP contribution in [0.4, 0.5) is 0 Å². The lowest BCUT2D eigenvalue weighted by Crippen LogP contribution is -2.30. The van der Waals surface area contributed by atoms with Gasteiger partial charge in [0.05, 0.1) is 26.4 Å². The molecule has 0 aromatic heterocycles. The molecule has 0 saturated heterocycles. The van der Waals surface area contributed by atoms with Crippen LogP contribution in [0.15, 0.2) is 0 Å². The minimum absolute atomic E-state index is 0.107. The Hall–Kier alpha value is -1.94. The molecular formula is C77H150O17P2. The standard InChI is InChI=1S/C77H150O17P2/c1-7-9-11-13-15-17-18-19-20-21-26-32-37-43-49-55-61-76(81)93-72(65-87-74(79)59-53-47-41-16-14-12-10-8-2)67-91-95(83,84)89-63-71(78)64-90-96(85,86)92-68-73(94-77(82)62-56-50-44-38-33-28-23-25-30-35-40-46-52-58-70(5)6)66-88-75(80)60-54-48-42-36-31-27-22-24-29-34-39-45-51-57-69(3)4/h69-73,78H,7-68H2,1-6H3,(H,83,84)(H,85,86)/t71-,72+,73+/m0/s1. The predicted molar refractivity (Wildman–Crippen MR) is 391 cm³/mol. The highest BCUT2D eigenvalue weighted by molar-refractivity contribution is 7.47. The third kappa shape index (κ3) is 70.5. The molecule has 570 valence electrons. The summed E-state index contributed by atoms with van der Waals surface area (Å²) in [6.07, 6.45) is 56.8. The first-order chi connectivity index (χ1) is 46.4. The highest BCUT2D eigenvalue weighted by Crippen LogP contribution is 2.45. The Morgan fingerprint density at radius 2 is 0.479 bits per heavy atom. The maximum atomic E-state index is 13.1. The van der Waals surface area contributed by atoms with Crippen molar-refractivity contribution in [2.45, 2.75) is 419 Å². The fourth-order valence-corrected chi connectivity index (χ4v) is 13.4. The van der Waals surface area contributed by atoms with E-state index in [1.54, 1.807) is 0 Å². The van der Waals surface area contributed by atoms with E-state index in [1.165, 1.54) is 212 Å². The van der Waals surface area contributed by atoms with Crippen LogP contribution >= 0.6 is 15.6 Å². The first-order valence-corrected chi connectivity index (χ1v) is 43.0. The molecule has 0 radical (unpaired) electrons. The van der Waals surface area contributed by atoms with Gasteiger partial charge in [0, 0.05) is 25.7 Å². The van der Waals surface area contributed by atoms with Crippen molar-refractivity contribution in [2.24, 2.45) is 11.8 Å². The highest BCUT2D eigenvalue weighted by atomic mass is 31.2. The van der Waals surface area contributed by atoms with Crippen LogP contribution in [-0.4, -0.2) is 96.7 Å². The molecular weight excluding hydrogens is 1260 g/mol. The van der Waals surface area contributed by atoms with Crippen LogP contribution in [0.5, 0.6) is 0 Å². The van der Waals surface area contributed by atoms with Crippen molar-refractivity contribution in [3.8, 4) is 0 Å². The van der Waals surface area contributed by atoms with Gasteiger partial charge in [0.2, 0.25) is 0 Å². The maximum Gasteiger partial charge on any atom is 0.472 e. The summed E-state index contributed by atoms with van der Waals surface area (Å²) in [5.74, 6) is -0.537. The average Bonchev–Trinajstić information content (AvgIpc) is 1.78. The van der Waals surface area contributed by atoms with E-state index in [0.29, 0.717) is 25.7 Å². The summed E-state index contributed by atoms with van der Waals surface area (Å²) < 4.78 is 68.5. The Morgan fingerprint density at radius 3 is 0.708 bits per heavy atom. The summed E-state index contributed by atoms with van der Waals surface area (Å²) in [4.78, 5) is 72.8. The van der Waals surface area contributed by atoms with Gasteiger partial charge in [-0.2, -0.15) is 0 Å². The van der Waals surface area contributed by atoms with Crippen LogP contribution in [-0.2, 0) is 65.4 Å². The summed E-state index contributed by atoms with van der Waals surface area (Å²) in [6, 6.07) is 0. The number of carbonyl (C=O) groups is 4. The van der Waals surface area contributed by atoms with E-state index in [1.807, 2.05) is 0 Å². The number of unbranched alkanes of at least 4 members (excludes halogenated alkanes) is 46. The normalized spacial score (nSPS) is 14.0. The predicted octanol–water partition coefficient (Wildman–Crippen LogP) is 22.7. The van der Waals surface area contributed by atoms with Gasteiger partial charge < -0.3 is 33.8 Å². The number of phosphoric acid groups is 2. The third-order valence-electron chi connectivity index (χ3n) is 18.0. The molecule has 0 spiro atoms. The molecule has 5 atom stereocenters. The molecule has 96 heavy (non-hydrogen) atoms. The van der Waals surface area contributed by atoms with Crippen molar-refractivity contribution in [3.05, 3.63) is 0 Å². The molecule has 19 heteroatoms. The third-order valence-corrected chi connectivity index (χ3v) is 19.9. The van der Waals surface area contributed by atoms with Crippen LogP contribution in [0.2, 0.25) is 0 Å². The van der Waals surface area contributed by atoms with Crippen LogP contribution in [0, 0.1) is 11.8 Å². The number of ether oxygens (including phenoxy) is 4. The zero-order valence-electron chi connectivity index (χ0n) is 62.7. The summed E-state index contributed by atoms with van der Waals surface area (Å²) in [5, 5.41) is 10.6. The van der Waals surface area contributed by atoms with E-state index in [4.69, 9.17) is 37.0 Å². The molecule has 0 aliphatic carbocycles. The van der Waals surface area contributed by atoms with E-state index in [0.717, 1.165) is 108 Å². The molecule has 0 aliphatic rings. The van der Waals surface area contributed by atoms with E-state index >= 15 is 0 Å². The van der Waals surface area contributed by atoms with Gasteiger partial charge in [-0.25, -0.2) is 9.13 Å². The topological polar surface area (TPSA) is 237 Å². The molecule has 0 aliphatic heterocycles. The van der Waals surface area contributed by atoms with Gasteiger partial charge in [-0.15, -0.1) is 0 Å². The summed E-state index contributed by atoms with van der Waals surface area (Å²) in [6.45, 7) is 9.62. The number of esters is 4. The minimum Gasteiger partial charge on any atom is -0.462 e. The maximum absolute atomic E-state index is 13.1. The smallest absolute Gasteiger partial charge is 0.462 e. The van der Waals surface area contributed by atoms with Crippen LogP contribution in [0.3, 0.4) is 0 Å². The lowest BCUT2D eigenvalue weighted by atomic mass is 10.0. The number of phosphoric ester groups is 2. The lowest BCUT2D eigenvalue weighted by Gasteiger charge is -2.21. The van der Waals surface area contributed by atoms with Crippen molar-refractivity contribution < 1.29 is 80.2 Å². The SMILES string of the molecule is CCCCCCCCCCCCCCCCCCC(=O)O[C@H](COC(=O)CCCCCCCCCC)COP(=O)(O)OC[C@H](O)COP(=O)(O)OC[C@@H](COC(=O)CCCCCCCCCCCCCCCC(C)C)OC(=O)CCCCCCCCCCCCCCCC(C)C. The molecule has 0 saturated carbocycles. The van der Waals surface area contributed by atoms with E-state index in [9.17, 15) is 43.2 Å². The monoisotopic (exact) mass is 1410 g/mol. The zero-order valence-corrected chi connectivity index (χ0v) is 64.5. The molecule has 2 unspecified atom stereocenters. The minimum atomic E-state index is -4.96. The van der Waals surface area contributed by atoms with Crippen molar-refractivity contribution in [1.82, 2.24) is 0 Å². The van der Waals surface area contributed by atoms with Crippen LogP contribution in [0.1, 0.15) is 401 Å². The Bertz CT molecular complexity index is 1860. The molecule has 0 amide bonds. The molecule has 0 aromatic rings. The number of aliphatic hydroxyl groups excluding tert-OH is 1. The summed E-state index contributed by atoms with van der Waals surface area (Å²) in [7, 11) is -9.91. The van der Waals surface area contributed by atoms with Gasteiger partial charge in [-0.3, -0.25) is 37.3 Å². The Balaban J connectivity index is 5.21. The second kappa shape index (κ2) is 68.8. The van der Waals surface area contributed by atoms with Crippen LogP contribution < -0.4 is 0 Å². The van der Waals surface area contributed by atoms with E-state index in [2.05, 4.69) is 41.5 Å². The van der Waals surface area contributed by atoms with Gasteiger partial charge in [0.1, 0.15) is 19.3 Å². The van der Waals surface area contributed by atoms with Crippen molar-refractivity contribution >= 4 is 39.5 Å². The molecule has 0 heterocycles. The fraction of sp³-hybridized carbons (Fsp3) is 0.948. The first-order valence-electron chi connectivity index (χ1n) is 40.0. The van der Waals surface area contributed by atoms with Crippen molar-refractivity contribution in [2.75, 3.05) is 39.6 Å². The Kier molecular flexibility index (Phi) is 67.4. The van der Waals surface area contributed by atoms with Crippen molar-refractivity contribution in [1.29, 1.82) is 0 Å². The largest absolute Gasteiger partial charge is 0.472 e. The number of hydrogen-bond donors (Lipinski definition) is 3. The second-order valence-corrected chi connectivity index (χ2v) is 31.6.